The minimum absolute atomic E-state index is 0.189. The zero-order valence-electron chi connectivity index (χ0n) is 7.55. The lowest BCUT2D eigenvalue weighted by Gasteiger charge is -2.30. The van der Waals surface area contributed by atoms with Crippen LogP contribution in [0.4, 0.5) is 0 Å². The molecule has 4 nitrogen and oxygen atoms in total. The van der Waals surface area contributed by atoms with Crippen molar-refractivity contribution in [2.24, 2.45) is 11.8 Å². The molecule has 1 amide bonds. The van der Waals surface area contributed by atoms with Crippen molar-refractivity contribution in [3.05, 3.63) is 0 Å². The molecule has 3 N–H and O–H groups in total. The summed E-state index contributed by atoms with van der Waals surface area (Å²) >= 11 is 0. The highest BCUT2D eigenvalue weighted by molar-refractivity contribution is 5.73. The van der Waals surface area contributed by atoms with Crippen LogP contribution in [0.15, 0.2) is 0 Å². The standard InChI is InChI=1S/C8H17N3O/c1-7(12)11-4-2-8(3-5-11)6-10-9/h8,10H,2-6,9H2,1H3. The van der Waals surface area contributed by atoms with Gasteiger partial charge >= 0.3 is 0 Å². The van der Waals surface area contributed by atoms with E-state index in [1.54, 1.807) is 6.92 Å². The van der Waals surface area contributed by atoms with E-state index in [4.69, 9.17) is 5.84 Å². The molecule has 70 valence electrons. The number of amides is 1. The van der Waals surface area contributed by atoms with Crippen molar-refractivity contribution >= 4 is 5.91 Å². The van der Waals surface area contributed by atoms with Crippen LogP contribution in [0.1, 0.15) is 19.8 Å². The number of nitrogens with zero attached hydrogens (tertiary/aromatic N) is 1. The molecule has 0 bridgehead atoms. The third-order valence-electron chi connectivity index (χ3n) is 2.47. The van der Waals surface area contributed by atoms with Crippen LogP contribution in [-0.2, 0) is 4.79 Å². The highest BCUT2D eigenvalue weighted by Crippen LogP contribution is 2.15. The molecule has 0 radical (unpaired) electrons. The summed E-state index contributed by atoms with van der Waals surface area (Å²) in [6.45, 7) is 4.27. The quantitative estimate of drug-likeness (QED) is 0.443. The number of piperidine rings is 1. The Hall–Kier alpha value is -0.610. The van der Waals surface area contributed by atoms with E-state index in [1.807, 2.05) is 4.90 Å². The fourth-order valence-electron chi connectivity index (χ4n) is 1.62. The van der Waals surface area contributed by atoms with Gasteiger partial charge < -0.3 is 4.90 Å². The Bertz CT molecular complexity index is 152. The van der Waals surface area contributed by atoms with Crippen LogP contribution < -0.4 is 11.3 Å². The van der Waals surface area contributed by atoms with Gasteiger partial charge in [-0.2, -0.15) is 0 Å². The van der Waals surface area contributed by atoms with Crippen molar-refractivity contribution in [1.82, 2.24) is 10.3 Å². The second kappa shape index (κ2) is 4.42. The van der Waals surface area contributed by atoms with E-state index >= 15 is 0 Å². The molecule has 0 aliphatic carbocycles. The molecule has 1 heterocycles. The molecular formula is C8H17N3O. The van der Waals surface area contributed by atoms with Gasteiger partial charge in [0.15, 0.2) is 0 Å². The molecule has 0 unspecified atom stereocenters. The van der Waals surface area contributed by atoms with Crippen molar-refractivity contribution in [1.29, 1.82) is 0 Å². The maximum absolute atomic E-state index is 10.9. The first-order valence-electron chi connectivity index (χ1n) is 4.43. The van der Waals surface area contributed by atoms with E-state index in [0.717, 1.165) is 32.5 Å². The van der Waals surface area contributed by atoms with Gasteiger partial charge in [-0.3, -0.25) is 16.1 Å². The Morgan fingerprint density at radius 3 is 2.58 bits per heavy atom. The number of carbonyl (C=O) groups excluding carboxylic acids is 1. The molecule has 0 atom stereocenters. The van der Waals surface area contributed by atoms with Gasteiger partial charge in [0, 0.05) is 26.6 Å². The summed E-state index contributed by atoms with van der Waals surface area (Å²) in [7, 11) is 0. The average Bonchev–Trinajstić information content (AvgIpc) is 2.06. The molecule has 12 heavy (non-hydrogen) atoms. The first-order valence-corrected chi connectivity index (χ1v) is 4.43. The molecule has 1 aliphatic rings. The highest BCUT2D eigenvalue weighted by atomic mass is 16.2. The predicted octanol–water partition coefficient (Wildman–Crippen LogP) is -0.292. The molecule has 4 heteroatoms. The van der Waals surface area contributed by atoms with Crippen LogP contribution in [0, 0.1) is 5.92 Å². The van der Waals surface area contributed by atoms with Crippen molar-refractivity contribution in [3.63, 3.8) is 0 Å². The number of carbonyl (C=O) groups is 1. The van der Waals surface area contributed by atoms with E-state index in [1.165, 1.54) is 0 Å². The maximum Gasteiger partial charge on any atom is 0.219 e. The summed E-state index contributed by atoms with van der Waals surface area (Å²) in [6.07, 6.45) is 2.15. The van der Waals surface area contributed by atoms with E-state index in [-0.39, 0.29) is 5.91 Å². The molecule has 0 aromatic rings. The lowest BCUT2D eigenvalue weighted by molar-refractivity contribution is -0.130. The maximum atomic E-state index is 10.9. The molecule has 0 spiro atoms. The van der Waals surface area contributed by atoms with Gasteiger partial charge in [0.2, 0.25) is 5.91 Å². The second-order valence-corrected chi connectivity index (χ2v) is 3.36. The molecular weight excluding hydrogens is 154 g/mol. The number of hydrazine groups is 1. The minimum Gasteiger partial charge on any atom is -0.343 e. The van der Waals surface area contributed by atoms with Crippen LogP contribution in [0.25, 0.3) is 0 Å². The van der Waals surface area contributed by atoms with E-state index in [2.05, 4.69) is 5.43 Å². The third kappa shape index (κ3) is 2.46. The fraction of sp³-hybridized carbons (Fsp3) is 0.875. The monoisotopic (exact) mass is 171 g/mol. The van der Waals surface area contributed by atoms with E-state index in [9.17, 15) is 4.79 Å². The van der Waals surface area contributed by atoms with Crippen LogP contribution in [0.3, 0.4) is 0 Å². The number of hydrogen-bond donors (Lipinski definition) is 2. The Morgan fingerprint density at radius 2 is 2.17 bits per heavy atom. The SMILES string of the molecule is CC(=O)N1CCC(CNN)CC1. The number of likely N-dealkylation sites (tertiary alicyclic amines) is 1. The number of hydrogen-bond acceptors (Lipinski definition) is 3. The van der Waals surface area contributed by atoms with Crippen LogP contribution >= 0.6 is 0 Å². The van der Waals surface area contributed by atoms with Crippen molar-refractivity contribution in [3.8, 4) is 0 Å². The van der Waals surface area contributed by atoms with Crippen molar-refractivity contribution < 1.29 is 4.79 Å². The second-order valence-electron chi connectivity index (χ2n) is 3.36. The highest BCUT2D eigenvalue weighted by Gasteiger charge is 2.19. The van der Waals surface area contributed by atoms with Gasteiger partial charge in [-0.1, -0.05) is 0 Å². The lowest BCUT2D eigenvalue weighted by atomic mass is 9.97. The van der Waals surface area contributed by atoms with Gasteiger partial charge in [-0.05, 0) is 18.8 Å². The van der Waals surface area contributed by atoms with Gasteiger partial charge in [-0.15, -0.1) is 0 Å². The summed E-state index contributed by atoms with van der Waals surface area (Å²) in [5.41, 5.74) is 2.68. The number of nitrogens with two attached hydrogens (primary N) is 1. The van der Waals surface area contributed by atoms with Gasteiger partial charge in [0.1, 0.15) is 0 Å². The molecule has 1 saturated heterocycles. The zero-order valence-corrected chi connectivity index (χ0v) is 7.55. The first-order chi connectivity index (χ1) is 5.74. The van der Waals surface area contributed by atoms with Gasteiger partial charge in [0.05, 0.1) is 0 Å². The Kier molecular flexibility index (Phi) is 3.49. The molecule has 0 aromatic heterocycles. The van der Waals surface area contributed by atoms with Crippen molar-refractivity contribution in [2.45, 2.75) is 19.8 Å². The number of rotatable bonds is 2. The largest absolute Gasteiger partial charge is 0.343 e. The fourth-order valence-corrected chi connectivity index (χ4v) is 1.62. The Balaban J connectivity index is 2.25. The van der Waals surface area contributed by atoms with Gasteiger partial charge in [-0.25, -0.2) is 0 Å². The smallest absolute Gasteiger partial charge is 0.219 e. The minimum atomic E-state index is 0.189. The average molecular weight is 171 g/mol. The van der Waals surface area contributed by atoms with E-state index < -0.39 is 0 Å². The topological polar surface area (TPSA) is 58.4 Å². The molecule has 1 fully saturated rings. The first kappa shape index (κ1) is 9.48. The Labute approximate surface area is 73.1 Å². The summed E-state index contributed by atoms with van der Waals surface area (Å²) in [5.74, 6) is 6.06. The van der Waals surface area contributed by atoms with Crippen molar-refractivity contribution in [2.75, 3.05) is 19.6 Å². The summed E-state index contributed by atoms with van der Waals surface area (Å²) in [5, 5.41) is 0. The third-order valence-corrected chi connectivity index (χ3v) is 2.47. The summed E-state index contributed by atoms with van der Waals surface area (Å²) in [4.78, 5) is 12.8. The molecule has 1 rings (SSSR count). The summed E-state index contributed by atoms with van der Waals surface area (Å²) < 4.78 is 0. The van der Waals surface area contributed by atoms with Crippen LogP contribution in [-0.4, -0.2) is 30.4 Å². The molecule has 0 saturated carbocycles. The summed E-state index contributed by atoms with van der Waals surface area (Å²) in [6, 6.07) is 0. The molecule has 1 aliphatic heterocycles. The van der Waals surface area contributed by atoms with Crippen LogP contribution in [0.2, 0.25) is 0 Å². The normalized spacial score (nSPS) is 19.7. The van der Waals surface area contributed by atoms with Gasteiger partial charge in [0.25, 0.3) is 0 Å². The molecule has 0 aromatic carbocycles. The van der Waals surface area contributed by atoms with E-state index in [0.29, 0.717) is 5.92 Å². The van der Waals surface area contributed by atoms with Crippen LogP contribution in [0.5, 0.6) is 0 Å². The zero-order chi connectivity index (χ0) is 8.97. The number of nitrogens with one attached hydrogen (secondary N) is 1. The lowest BCUT2D eigenvalue weighted by Crippen LogP contribution is -2.40. The predicted molar refractivity (Wildman–Crippen MR) is 47.2 cm³/mol. The Morgan fingerprint density at radius 1 is 1.58 bits per heavy atom.